The van der Waals surface area contributed by atoms with Crippen LogP contribution in [0.2, 0.25) is 0 Å². The summed E-state index contributed by atoms with van der Waals surface area (Å²) >= 11 is 0. The highest BCUT2D eigenvalue weighted by atomic mass is 127. The molecule has 0 saturated carbocycles. The van der Waals surface area contributed by atoms with E-state index in [4.69, 9.17) is 19.9 Å². The topological polar surface area (TPSA) is 81.3 Å². The van der Waals surface area contributed by atoms with Crippen molar-refractivity contribution in [1.29, 1.82) is 0 Å². The summed E-state index contributed by atoms with van der Waals surface area (Å²) in [6.45, 7) is 10.5. The van der Waals surface area contributed by atoms with Gasteiger partial charge < -0.3 is 25.3 Å². The van der Waals surface area contributed by atoms with Crippen molar-refractivity contribution < 1.29 is 14.2 Å². The molecule has 2 rings (SSSR count). The van der Waals surface area contributed by atoms with E-state index in [2.05, 4.69) is 29.1 Å². The Hall–Kier alpha value is -1.26. The number of halogens is 1. The summed E-state index contributed by atoms with van der Waals surface area (Å²) in [5.41, 5.74) is 7.00. The minimum Gasteiger partial charge on any atom is -0.493 e. The van der Waals surface area contributed by atoms with Gasteiger partial charge in [-0.2, -0.15) is 0 Å². The Morgan fingerprint density at radius 2 is 1.89 bits per heavy atom. The number of benzene rings is 1. The number of morpholine rings is 1. The molecule has 1 aromatic carbocycles. The lowest BCUT2D eigenvalue weighted by molar-refractivity contribution is 0.0376. The number of nitrogens with two attached hydrogens (primary N) is 1. The zero-order valence-electron chi connectivity index (χ0n) is 17.5. The third kappa shape index (κ3) is 7.63. The molecule has 160 valence electrons. The lowest BCUT2D eigenvalue weighted by Gasteiger charge is -2.26. The van der Waals surface area contributed by atoms with Crippen LogP contribution >= 0.6 is 24.0 Å². The molecule has 0 amide bonds. The van der Waals surface area contributed by atoms with Crippen LogP contribution in [0.25, 0.3) is 0 Å². The van der Waals surface area contributed by atoms with Crippen LogP contribution in [0.3, 0.4) is 0 Å². The first-order valence-corrected chi connectivity index (χ1v) is 9.52. The quantitative estimate of drug-likeness (QED) is 0.232. The highest BCUT2D eigenvalue weighted by Gasteiger charge is 2.22. The summed E-state index contributed by atoms with van der Waals surface area (Å²) in [6.07, 6.45) is 1.04. The van der Waals surface area contributed by atoms with E-state index >= 15 is 0 Å². The van der Waals surface area contributed by atoms with E-state index in [0.29, 0.717) is 12.5 Å². The average molecular weight is 506 g/mol. The van der Waals surface area contributed by atoms with Gasteiger partial charge in [0.2, 0.25) is 0 Å². The van der Waals surface area contributed by atoms with Crippen LogP contribution in [0.4, 0.5) is 0 Å². The number of aliphatic imine (C=N–C) groups is 1. The molecule has 28 heavy (non-hydrogen) atoms. The first-order valence-electron chi connectivity index (χ1n) is 9.52. The summed E-state index contributed by atoms with van der Waals surface area (Å²) in [7, 11) is 3.28. The number of nitrogens with one attached hydrogen (secondary N) is 1. The van der Waals surface area contributed by atoms with E-state index in [1.54, 1.807) is 14.2 Å². The normalized spacial score (nSPS) is 15.6. The maximum atomic E-state index is 6.04. The lowest BCUT2D eigenvalue weighted by atomic mass is 9.84. The van der Waals surface area contributed by atoms with Crippen molar-refractivity contribution >= 4 is 29.9 Å². The first kappa shape index (κ1) is 24.8. The molecule has 3 N–H and O–H groups in total. The largest absolute Gasteiger partial charge is 0.493 e. The Kier molecular flexibility index (Phi) is 10.9. The average Bonchev–Trinajstić information content (AvgIpc) is 2.70. The predicted octanol–water partition coefficient (Wildman–Crippen LogP) is 2.23. The van der Waals surface area contributed by atoms with Crippen LogP contribution in [-0.2, 0) is 10.2 Å². The van der Waals surface area contributed by atoms with Gasteiger partial charge in [-0.1, -0.05) is 19.9 Å². The van der Waals surface area contributed by atoms with E-state index in [-0.39, 0.29) is 29.4 Å². The molecule has 0 unspecified atom stereocenters. The number of methoxy groups -OCH3 is 2. The molecule has 1 fully saturated rings. The number of nitrogens with zero attached hydrogens (tertiary/aromatic N) is 2. The third-order valence-corrected chi connectivity index (χ3v) is 4.87. The van der Waals surface area contributed by atoms with Crippen LogP contribution in [0.5, 0.6) is 11.5 Å². The van der Waals surface area contributed by atoms with Gasteiger partial charge in [0, 0.05) is 25.0 Å². The molecule has 1 aliphatic rings. The van der Waals surface area contributed by atoms with E-state index in [1.165, 1.54) is 0 Å². The van der Waals surface area contributed by atoms with Crippen molar-refractivity contribution in [2.45, 2.75) is 25.7 Å². The second kappa shape index (κ2) is 12.3. The molecule has 7 nitrogen and oxygen atoms in total. The van der Waals surface area contributed by atoms with E-state index < -0.39 is 0 Å². The van der Waals surface area contributed by atoms with Crippen molar-refractivity contribution in [3.63, 3.8) is 0 Å². The van der Waals surface area contributed by atoms with Gasteiger partial charge in [0.15, 0.2) is 17.5 Å². The lowest BCUT2D eigenvalue weighted by Crippen LogP contribution is -2.39. The second-order valence-electron chi connectivity index (χ2n) is 7.39. The third-order valence-electron chi connectivity index (χ3n) is 4.87. The van der Waals surface area contributed by atoms with Crippen molar-refractivity contribution in [2.24, 2.45) is 10.7 Å². The Morgan fingerprint density at radius 3 is 2.54 bits per heavy atom. The van der Waals surface area contributed by atoms with Crippen LogP contribution in [-0.4, -0.2) is 71.0 Å². The molecule has 8 heteroatoms. The summed E-state index contributed by atoms with van der Waals surface area (Å²) in [5, 5.41) is 3.21. The molecule has 0 aromatic heterocycles. The summed E-state index contributed by atoms with van der Waals surface area (Å²) in [4.78, 5) is 6.95. The summed E-state index contributed by atoms with van der Waals surface area (Å²) in [6, 6.07) is 5.97. The van der Waals surface area contributed by atoms with Gasteiger partial charge in [-0.25, -0.2) is 0 Å². The second-order valence-corrected chi connectivity index (χ2v) is 7.39. The molecule has 1 aliphatic heterocycles. The molecule has 1 aromatic rings. The fraction of sp³-hybridized carbons (Fsp3) is 0.650. The van der Waals surface area contributed by atoms with Crippen LogP contribution < -0.4 is 20.5 Å². The molecule has 0 spiro atoms. The van der Waals surface area contributed by atoms with Crippen LogP contribution in [0.1, 0.15) is 25.8 Å². The van der Waals surface area contributed by atoms with Gasteiger partial charge in [0.25, 0.3) is 0 Å². The van der Waals surface area contributed by atoms with Gasteiger partial charge in [-0.15, -0.1) is 24.0 Å². The van der Waals surface area contributed by atoms with Gasteiger partial charge >= 0.3 is 0 Å². The standard InChI is InChI=1S/C20H34N4O3.HI/c1-20(2,16-6-7-17(25-3)18(14-16)26-4)15-23-19(21)22-8-5-9-24-10-12-27-13-11-24;/h6-7,14H,5,8-13,15H2,1-4H3,(H3,21,22,23);1H. The van der Waals surface area contributed by atoms with Gasteiger partial charge in [-0.05, 0) is 30.7 Å². The molecule has 0 bridgehead atoms. The van der Waals surface area contributed by atoms with Crippen molar-refractivity contribution in [3.05, 3.63) is 23.8 Å². The predicted molar refractivity (Wildman–Crippen MR) is 124 cm³/mol. The fourth-order valence-electron chi connectivity index (χ4n) is 3.03. The zero-order valence-corrected chi connectivity index (χ0v) is 19.8. The smallest absolute Gasteiger partial charge is 0.188 e. The maximum Gasteiger partial charge on any atom is 0.188 e. The van der Waals surface area contributed by atoms with Crippen LogP contribution in [0.15, 0.2) is 23.2 Å². The minimum atomic E-state index is -0.167. The minimum absolute atomic E-state index is 0. The molecular formula is C20H35IN4O3. The molecular weight excluding hydrogens is 471 g/mol. The molecule has 0 radical (unpaired) electrons. The highest BCUT2D eigenvalue weighted by Crippen LogP contribution is 2.33. The van der Waals surface area contributed by atoms with Crippen molar-refractivity contribution in [2.75, 3.05) is 60.2 Å². The van der Waals surface area contributed by atoms with Crippen molar-refractivity contribution in [1.82, 2.24) is 10.2 Å². The monoisotopic (exact) mass is 506 g/mol. The van der Waals surface area contributed by atoms with E-state index in [9.17, 15) is 0 Å². The number of guanidine groups is 1. The maximum absolute atomic E-state index is 6.04. The number of hydrogen-bond donors (Lipinski definition) is 2. The molecule has 1 heterocycles. The Balaban J connectivity index is 0.00000392. The molecule has 0 aliphatic carbocycles. The van der Waals surface area contributed by atoms with Gasteiger partial charge in [0.1, 0.15) is 0 Å². The van der Waals surface area contributed by atoms with E-state index in [0.717, 1.165) is 62.9 Å². The Bertz CT molecular complexity index is 619. The number of rotatable bonds is 9. The number of ether oxygens (including phenoxy) is 3. The van der Waals surface area contributed by atoms with Crippen LogP contribution in [0, 0.1) is 0 Å². The van der Waals surface area contributed by atoms with E-state index in [1.807, 2.05) is 18.2 Å². The Morgan fingerprint density at radius 1 is 1.21 bits per heavy atom. The summed E-state index contributed by atoms with van der Waals surface area (Å²) in [5.74, 6) is 1.94. The summed E-state index contributed by atoms with van der Waals surface area (Å²) < 4.78 is 16.1. The Labute approximate surface area is 186 Å². The number of hydrogen-bond acceptors (Lipinski definition) is 5. The zero-order chi connectivity index (χ0) is 19.7. The fourth-order valence-corrected chi connectivity index (χ4v) is 3.03. The van der Waals surface area contributed by atoms with Gasteiger partial charge in [-0.3, -0.25) is 9.89 Å². The highest BCUT2D eigenvalue weighted by molar-refractivity contribution is 14.0. The SMILES string of the molecule is COc1ccc(C(C)(C)CN=C(N)NCCCN2CCOCC2)cc1OC.I. The first-order chi connectivity index (χ1) is 13.0. The molecule has 1 saturated heterocycles. The van der Waals surface area contributed by atoms with Gasteiger partial charge in [0.05, 0.1) is 34.0 Å². The van der Waals surface area contributed by atoms with Crippen molar-refractivity contribution in [3.8, 4) is 11.5 Å². The molecule has 0 atom stereocenters.